The van der Waals surface area contributed by atoms with E-state index in [-0.39, 0.29) is 21.9 Å². The lowest BCUT2D eigenvalue weighted by atomic mass is 10.1. The molecule has 32 heavy (non-hydrogen) atoms. The summed E-state index contributed by atoms with van der Waals surface area (Å²) in [5.74, 6) is -0.430. The van der Waals surface area contributed by atoms with Crippen LogP contribution in [-0.2, 0) is 10.0 Å². The van der Waals surface area contributed by atoms with Crippen LogP contribution in [0.2, 0.25) is 0 Å². The molecule has 1 fully saturated rings. The predicted octanol–water partition coefficient (Wildman–Crippen LogP) is 4.77. The number of benzene rings is 1. The van der Waals surface area contributed by atoms with Crippen molar-refractivity contribution in [2.45, 2.75) is 56.5 Å². The summed E-state index contributed by atoms with van der Waals surface area (Å²) in [6.45, 7) is 2.25. The van der Waals surface area contributed by atoms with Crippen LogP contribution in [-0.4, -0.2) is 30.7 Å². The Labute approximate surface area is 185 Å². The third-order valence-corrected chi connectivity index (χ3v) is 7.55. The molecule has 1 aliphatic carbocycles. The quantitative estimate of drug-likeness (QED) is 0.576. The molecule has 1 N–H and O–H groups in total. The van der Waals surface area contributed by atoms with Crippen LogP contribution in [0.5, 0.6) is 0 Å². The van der Waals surface area contributed by atoms with E-state index < -0.39 is 28.6 Å². The number of hydrogen-bond acceptors (Lipinski definition) is 4. The van der Waals surface area contributed by atoms with Crippen LogP contribution in [0.1, 0.15) is 49.8 Å². The van der Waals surface area contributed by atoms with Crippen molar-refractivity contribution < 1.29 is 17.2 Å². The van der Waals surface area contributed by atoms with Crippen molar-refractivity contribution in [1.29, 1.82) is 5.26 Å². The molecule has 0 saturated heterocycles. The lowest BCUT2D eigenvalue weighted by Gasteiger charge is -2.18. The molecule has 0 aliphatic heterocycles. The maximum absolute atomic E-state index is 15.1. The van der Waals surface area contributed by atoms with Crippen LogP contribution in [0.4, 0.5) is 8.78 Å². The van der Waals surface area contributed by atoms with Crippen LogP contribution in [0, 0.1) is 24.1 Å². The minimum Gasteiger partial charge on any atom is -0.335 e. The van der Waals surface area contributed by atoms with Gasteiger partial charge in [0.2, 0.25) is 10.0 Å². The number of nitrogens with zero attached hydrogens (tertiary/aromatic N) is 3. The molecule has 2 heterocycles. The first-order valence-electron chi connectivity index (χ1n) is 10.6. The third-order valence-electron chi connectivity index (χ3n) is 5.98. The van der Waals surface area contributed by atoms with E-state index in [9.17, 15) is 18.1 Å². The molecule has 1 aromatic carbocycles. The molecule has 0 unspecified atom stereocenters. The number of rotatable bonds is 6. The summed E-state index contributed by atoms with van der Waals surface area (Å²) in [6.07, 6.45) is 5.09. The molecule has 6 nitrogen and oxygen atoms in total. The Balaban J connectivity index is 1.90. The van der Waals surface area contributed by atoms with Gasteiger partial charge in [-0.05, 0) is 50.5 Å². The highest BCUT2D eigenvalue weighted by molar-refractivity contribution is 7.89. The normalized spacial score (nSPS) is 15.8. The lowest BCUT2D eigenvalue weighted by Crippen LogP contribution is -2.34. The van der Waals surface area contributed by atoms with Gasteiger partial charge in [0.05, 0.1) is 27.9 Å². The molecule has 2 aromatic heterocycles. The summed E-state index contributed by atoms with van der Waals surface area (Å²) >= 11 is 0. The fraction of sp³-hybridized carbons (Fsp3) is 0.391. The van der Waals surface area contributed by atoms with Crippen molar-refractivity contribution in [2.24, 2.45) is 0 Å². The second-order valence-electron chi connectivity index (χ2n) is 8.29. The number of aryl methyl sites for hydroxylation is 1. The van der Waals surface area contributed by atoms with Gasteiger partial charge in [-0.2, -0.15) is 5.26 Å². The van der Waals surface area contributed by atoms with Crippen LogP contribution >= 0.6 is 0 Å². The van der Waals surface area contributed by atoms with Crippen molar-refractivity contribution in [3.63, 3.8) is 0 Å². The fourth-order valence-corrected chi connectivity index (χ4v) is 5.58. The average Bonchev–Trinajstić information content (AvgIpc) is 3.41. The van der Waals surface area contributed by atoms with E-state index in [1.807, 2.05) is 10.6 Å². The van der Waals surface area contributed by atoms with Crippen LogP contribution in [0.3, 0.4) is 0 Å². The number of hydrogen-bond donors (Lipinski definition) is 1. The van der Waals surface area contributed by atoms with Crippen LogP contribution in [0.15, 0.2) is 35.4 Å². The summed E-state index contributed by atoms with van der Waals surface area (Å²) in [4.78, 5) is 4.22. The summed E-state index contributed by atoms with van der Waals surface area (Å²) in [7, 11) is -3.93. The largest absolute Gasteiger partial charge is 0.335 e. The minimum absolute atomic E-state index is 0.106. The van der Waals surface area contributed by atoms with Gasteiger partial charge in [0.15, 0.2) is 0 Å². The van der Waals surface area contributed by atoms with Gasteiger partial charge in [0.25, 0.3) is 0 Å². The van der Waals surface area contributed by atoms with Gasteiger partial charge in [-0.1, -0.05) is 18.9 Å². The zero-order valence-electron chi connectivity index (χ0n) is 17.9. The number of fused-ring (bicyclic) bond motifs is 1. The fourth-order valence-electron chi connectivity index (χ4n) is 4.41. The Morgan fingerprint density at radius 2 is 2.00 bits per heavy atom. The smallest absolute Gasteiger partial charge is 0.242 e. The second-order valence-corrected chi connectivity index (χ2v) is 10.0. The Kier molecular flexibility index (Phi) is 6.01. The van der Waals surface area contributed by atoms with E-state index >= 15 is 4.39 Å². The van der Waals surface area contributed by atoms with Crippen molar-refractivity contribution in [3.05, 3.63) is 47.4 Å². The molecule has 3 aromatic rings. The number of sulfonamides is 1. The average molecular weight is 459 g/mol. The molecule has 1 aliphatic rings. The number of halogens is 2. The molecule has 168 valence electrons. The molecule has 0 radical (unpaired) electrons. The molecular formula is C23H24F2N4O2S. The third kappa shape index (κ3) is 3.78. The monoisotopic (exact) mass is 458 g/mol. The van der Waals surface area contributed by atoms with E-state index in [1.165, 1.54) is 25.3 Å². The maximum atomic E-state index is 15.1. The SMILES string of the molecule is Cc1ccc2c(c1F)c(C#N)c(-c1ccc(S(=O)(=O)N[C@@H](C)CF)cn1)n2C1CCCC1. The number of alkyl halides is 1. The highest BCUT2D eigenvalue weighted by atomic mass is 32.2. The topological polar surface area (TPSA) is 87.8 Å². The lowest BCUT2D eigenvalue weighted by molar-refractivity contribution is 0.423. The summed E-state index contributed by atoms with van der Waals surface area (Å²) in [5.41, 5.74) is 2.17. The summed E-state index contributed by atoms with van der Waals surface area (Å²) in [6, 6.07) is 7.82. The highest BCUT2D eigenvalue weighted by Gasteiger charge is 2.29. The van der Waals surface area contributed by atoms with Crippen molar-refractivity contribution in [3.8, 4) is 17.5 Å². The van der Waals surface area contributed by atoms with E-state index in [0.29, 0.717) is 22.5 Å². The highest BCUT2D eigenvalue weighted by Crippen LogP contribution is 2.42. The Hall–Kier alpha value is -2.83. The summed E-state index contributed by atoms with van der Waals surface area (Å²) in [5, 5.41) is 10.2. The molecule has 0 bridgehead atoms. The van der Waals surface area contributed by atoms with E-state index in [0.717, 1.165) is 25.7 Å². The molecule has 9 heteroatoms. The van der Waals surface area contributed by atoms with Gasteiger partial charge in [-0.25, -0.2) is 21.9 Å². The van der Waals surface area contributed by atoms with Crippen molar-refractivity contribution in [2.75, 3.05) is 6.67 Å². The number of aromatic nitrogens is 2. The Morgan fingerprint density at radius 3 is 2.59 bits per heavy atom. The molecule has 0 amide bonds. The number of pyridine rings is 1. The Bertz CT molecular complexity index is 1300. The predicted molar refractivity (Wildman–Crippen MR) is 118 cm³/mol. The van der Waals surface area contributed by atoms with Gasteiger partial charge < -0.3 is 4.57 Å². The number of nitrogens with one attached hydrogen (secondary N) is 1. The molecule has 1 saturated carbocycles. The number of nitriles is 1. The van der Waals surface area contributed by atoms with Crippen molar-refractivity contribution in [1.82, 2.24) is 14.3 Å². The van der Waals surface area contributed by atoms with Gasteiger partial charge >= 0.3 is 0 Å². The molecule has 4 rings (SSSR count). The second kappa shape index (κ2) is 8.60. The van der Waals surface area contributed by atoms with Crippen molar-refractivity contribution >= 4 is 20.9 Å². The van der Waals surface area contributed by atoms with E-state index in [1.54, 1.807) is 13.0 Å². The van der Waals surface area contributed by atoms with Gasteiger partial charge in [-0.3, -0.25) is 4.98 Å². The van der Waals surface area contributed by atoms with Crippen LogP contribution < -0.4 is 4.72 Å². The van der Waals surface area contributed by atoms with Gasteiger partial charge in [0.1, 0.15) is 23.5 Å². The molecular weight excluding hydrogens is 434 g/mol. The molecule has 0 spiro atoms. The minimum atomic E-state index is -3.93. The van der Waals surface area contributed by atoms with E-state index in [2.05, 4.69) is 15.8 Å². The first-order chi connectivity index (χ1) is 15.3. The summed E-state index contributed by atoms with van der Waals surface area (Å²) < 4.78 is 57.0. The first kappa shape index (κ1) is 22.4. The van der Waals surface area contributed by atoms with Crippen LogP contribution in [0.25, 0.3) is 22.3 Å². The first-order valence-corrected chi connectivity index (χ1v) is 12.0. The van der Waals surface area contributed by atoms with Gasteiger partial charge in [-0.15, -0.1) is 0 Å². The molecule has 1 atom stereocenters. The standard InChI is InChI=1S/C23H24F2N4O2S/c1-14-7-10-20-21(22(14)25)18(12-26)23(29(20)16-5-3-4-6-16)19-9-8-17(13-27-19)32(30,31)28-15(2)11-24/h7-10,13,15-16,28H,3-6,11H2,1-2H3/t15-/m0/s1. The zero-order valence-corrected chi connectivity index (χ0v) is 18.7. The maximum Gasteiger partial charge on any atom is 0.242 e. The Morgan fingerprint density at radius 1 is 1.28 bits per heavy atom. The zero-order chi connectivity index (χ0) is 23.0. The van der Waals surface area contributed by atoms with E-state index in [4.69, 9.17) is 0 Å². The van der Waals surface area contributed by atoms with Gasteiger partial charge in [0, 0.05) is 18.3 Å².